The van der Waals surface area contributed by atoms with Crippen LogP contribution in [0.15, 0.2) is 36.7 Å². The molecule has 0 saturated carbocycles. The van der Waals surface area contributed by atoms with Crippen LogP contribution < -0.4 is 20.5 Å². The maximum absolute atomic E-state index is 11.3. The van der Waals surface area contributed by atoms with Crippen molar-refractivity contribution in [2.75, 3.05) is 26.3 Å². The summed E-state index contributed by atoms with van der Waals surface area (Å²) < 4.78 is 17.6. The average Bonchev–Trinajstić information content (AvgIpc) is 2.65. The van der Waals surface area contributed by atoms with E-state index in [1.807, 2.05) is 45.0 Å². The Bertz CT molecular complexity index is 722. The van der Waals surface area contributed by atoms with Crippen LogP contribution in [0.2, 0.25) is 0 Å². The van der Waals surface area contributed by atoms with Gasteiger partial charge in [0.15, 0.2) is 0 Å². The summed E-state index contributed by atoms with van der Waals surface area (Å²) in [5, 5.41) is 2.61. The van der Waals surface area contributed by atoms with Gasteiger partial charge in [-0.1, -0.05) is 0 Å². The molecule has 2 heterocycles. The number of nitrogens with one attached hydrogen (secondary N) is 1. The first-order valence-electron chi connectivity index (χ1n) is 8.85. The molecule has 10 heteroatoms. The van der Waals surface area contributed by atoms with Crippen molar-refractivity contribution < 1.29 is 19.0 Å². The van der Waals surface area contributed by atoms with Crippen molar-refractivity contribution in [3.8, 4) is 11.5 Å². The van der Waals surface area contributed by atoms with Gasteiger partial charge in [0.05, 0.1) is 18.9 Å². The average molecular weight is 628 g/mol. The van der Waals surface area contributed by atoms with E-state index >= 15 is 0 Å². The number of carbonyl (C=O) groups excluding carboxylic acids is 1. The number of ether oxygens (including phenoxy) is 3. The Morgan fingerprint density at radius 1 is 1.00 bits per heavy atom. The molecule has 0 aliphatic rings. The molecule has 2 aromatic heterocycles. The van der Waals surface area contributed by atoms with Gasteiger partial charge >= 0.3 is 6.09 Å². The number of hydrogen-bond acceptors (Lipinski definition) is 7. The monoisotopic (exact) mass is 628 g/mol. The van der Waals surface area contributed by atoms with Gasteiger partial charge in [0.1, 0.15) is 37.7 Å². The first kappa shape index (κ1) is 25.6. The Kier molecular flexibility index (Phi) is 12.1. The van der Waals surface area contributed by atoms with Crippen LogP contribution in [0, 0.1) is 7.40 Å². The lowest BCUT2D eigenvalue weighted by Crippen LogP contribution is -2.34. The largest absolute Gasteiger partial charge is 0.491 e. The smallest absolute Gasteiger partial charge is 0.407 e. The molecule has 0 aliphatic carbocycles. The summed E-state index contributed by atoms with van der Waals surface area (Å²) in [5.41, 5.74) is 4.78. The summed E-state index contributed by atoms with van der Waals surface area (Å²) in [4.78, 5) is 19.5. The second-order valence-electron chi connectivity index (χ2n) is 6.55. The number of amides is 1. The summed E-state index contributed by atoms with van der Waals surface area (Å²) in [5.74, 6) is 1.46. The molecule has 0 bridgehead atoms. The van der Waals surface area contributed by atoms with E-state index in [9.17, 15) is 4.79 Å². The van der Waals surface area contributed by atoms with Gasteiger partial charge in [0.25, 0.3) is 0 Å². The molecular weight excluding hydrogens is 602 g/mol. The maximum Gasteiger partial charge on any atom is 0.407 e. The molecule has 0 aromatic carbocycles. The molecule has 0 radical (unpaired) electrons. The van der Waals surface area contributed by atoms with Gasteiger partial charge in [0, 0.05) is 6.54 Å². The molecule has 160 valence electrons. The SMILES string of the molecule is CC(C)(C)OC(=O)NCCOc1ccc(I)nc1.NCCOc1ccc(I)nc1. The molecule has 8 nitrogen and oxygen atoms in total. The van der Waals surface area contributed by atoms with Gasteiger partial charge in [-0.05, 0) is 90.2 Å². The van der Waals surface area contributed by atoms with Crippen LogP contribution in [-0.4, -0.2) is 48.0 Å². The van der Waals surface area contributed by atoms with Crippen molar-refractivity contribution in [3.63, 3.8) is 0 Å². The molecule has 0 fully saturated rings. The van der Waals surface area contributed by atoms with Crippen LogP contribution in [0.25, 0.3) is 0 Å². The number of nitrogens with zero attached hydrogens (tertiary/aromatic N) is 2. The number of pyridine rings is 2. The number of rotatable bonds is 7. The Morgan fingerprint density at radius 3 is 1.93 bits per heavy atom. The predicted octanol–water partition coefficient (Wildman–Crippen LogP) is 3.61. The number of nitrogens with two attached hydrogens (primary N) is 1. The minimum Gasteiger partial charge on any atom is -0.491 e. The lowest BCUT2D eigenvalue weighted by molar-refractivity contribution is 0.0520. The van der Waals surface area contributed by atoms with E-state index in [4.69, 9.17) is 19.9 Å². The highest BCUT2D eigenvalue weighted by Gasteiger charge is 2.15. The molecule has 29 heavy (non-hydrogen) atoms. The Labute approximate surface area is 198 Å². The second kappa shape index (κ2) is 13.7. The zero-order valence-corrected chi connectivity index (χ0v) is 21.0. The predicted molar refractivity (Wildman–Crippen MR) is 128 cm³/mol. The molecule has 2 aromatic rings. The standard InChI is InChI=1S/C12H17IN2O3.C7H9IN2O/c1-12(2,3)18-11(16)14-6-7-17-9-4-5-10(13)15-8-9;8-7-2-1-6(5-10-7)11-4-3-9/h4-5,8H,6-7H2,1-3H3,(H,14,16);1-2,5H,3-4,9H2. The second-order valence-corrected chi connectivity index (χ2v) is 8.76. The quantitative estimate of drug-likeness (QED) is 0.274. The Hall–Kier alpha value is -1.41. The van der Waals surface area contributed by atoms with Crippen LogP contribution in [0.5, 0.6) is 11.5 Å². The number of halogens is 2. The summed E-state index contributed by atoms with van der Waals surface area (Å²) in [7, 11) is 0. The van der Waals surface area contributed by atoms with E-state index in [2.05, 4.69) is 60.5 Å². The van der Waals surface area contributed by atoms with Gasteiger partial charge in [-0.15, -0.1) is 0 Å². The van der Waals surface area contributed by atoms with Crippen molar-refractivity contribution in [1.82, 2.24) is 15.3 Å². The number of alkyl carbamates (subject to hydrolysis) is 1. The van der Waals surface area contributed by atoms with Crippen molar-refractivity contribution in [2.45, 2.75) is 26.4 Å². The molecule has 0 unspecified atom stereocenters. The topological polar surface area (TPSA) is 109 Å². The van der Waals surface area contributed by atoms with Crippen molar-refractivity contribution >= 4 is 51.3 Å². The number of hydrogen-bond donors (Lipinski definition) is 2. The molecule has 1 amide bonds. The molecule has 0 aliphatic heterocycles. The summed E-state index contributed by atoms with van der Waals surface area (Å²) in [6.07, 6.45) is 2.90. The third-order valence-electron chi connectivity index (χ3n) is 2.83. The third-order valence-corrected chi connectivity index (χ3v) is 4.10. The molecular formula is C19H26I2N4O4. The minimum absolute atomic E-state index is 0.377. The highest BCUT2D eigenvalue weighted by molar-refractivity contribution is 14.1. The third kappa shape index (κ3) is 13.4. The highest BCUT2D eigenvalue weighted by atomic mass is 127. The van der Waals surface area contributed by atoms with Gasteiger partial charge < -0.3 is 25.3 Å². The van der Waals surface area contributed by atoms with Crippen molar-refractivity contribution in [1.29, 1.82) is 0 Å². The maximum atomic E-state index is 11.3. The zero-order valence-electron chi connectivity index (χ0n) is 16.7. The minimum atomic E-state index is -0.481. The number of carbonyl (C=O) groups is 1. The summed E-state index contributed by atoms with van der Waals surface area (Å²) >= 11 is 4.27. The van der Waals surface area contributed by atoms with E-state index in [1.54, 1.807) is 12.4 Å². The van der Waals surface area contributed by atoms with Gasteiger partial charge in [-0.2, -0.15) is 0 Å². The van der Waals surface area contributed by atoms with Crippen LogP contribution >= 0.6 is 45.2 Å². The van der Waals surface area contributed by atoms with Crippen molar-refractivity contribution in [2.24, 2.45) is 5.73 Å². The zero-order chi connectivity index (χ0) is 21.7. The van der Waals surface area contributed by atoms with Crippen LogP contribution in [0.3, 0.4) is 0 Å². The van der Waals surface area contributed by atoms with Crippen LogP contribution in [-0.2, 0) is 4.74 Å². The lowest BCUT2D eigenvalue weighted by Gasteiger charge is -2.19. The van der Waals surface area contributed by atoms with E-state index in [0.717, 1.165) is 13.2 Å². The Morgan fingerprint density at radius 2 is 1.52 bits per heavy atom. The first-order valence-corrected chi connectivity index (χ1v) is 11.0. The molecule has 0 atom stereocenters. The van der Waals surface area contributed by atoms with Crippen LogP contribution in [0.4, 0.5) is 4.79 Å². The van der Waals surface area contributed by atoms with Gasteiger partial charge in [-0.25, -0.2) is 14.8 Å². The van der Waals surface area contributed by atoms with E-state index < -0.39 is 11.7 Å². The normalized spacial score (nSPS) is 10.4. The number of aromatic nitrogens is 2. The fourth-order valence-corrected chi connectivity index (χ4v) is 2.35. The molecule has 2 rings (SSSR count). The molecule has 0 saturated heterocycles. The van der Waals surface area contributed by atoms with Crippen molar-refractivity contribution in [3.05, 3.63) is 44.1 Å². The summed E-state index contributed by atoms with van der Waals surface area (Å²) in [6.45, 7) is 7.30. The fraction of sp³-hybridized carbons (Fsp3) is 0.421. The van der Waals surface area contributed by atoms with Gasteiger partial charge in [0.2, 0.25) is 0 Å². The first-order chi connectivity index (χ1) is 13.7. The summed E-state index contributed by atoms with van der Waals surface area (Å²) in [6, 6.07) is 7.47. The van der Waals surface area contributed by atoms with E-state index in [1.165, 1.54) is 0 Å². The lowest BCUT2D eigenvalue weighted by atomic mass is 10.2. The van der Waals surface area contributed by atoms with E-state index in [0.29, 0.717) is 32.1 Å². The molecule has 0 spiro atoms. The Balaban J connectivity index is 0.000000326. The van der Waals surface area contributed by atoms with E-state index in [-0.39, 0.29) is 0 Å². The highest BCUT2D eigenvalue weighted by Crippen LogP contribution is 2.10. The van der Waals surface area contributed by atoms with Crippen LogP contribution in [0.1, 0.15) is 20.8 Å². The van der Waals surface area contributed by atoms with Gasteiger partial charge in [-0.3, -0.25) is 0 Å². The molecule has 3 N–H and O–H groups in total. The fourth-order valence-electron chi connectivity index (χ4n) is 1.71.